The van der Waals surface area contributed by atoms with Crippen molar-refractivity contribution in [1.29, 1.82) is 0 Å². The Labute approximate surface area is 166 Å². The van der Waals surface area contributed by atoms with Gasteiger partial charge in [-0.05, 0) is 48.8 Å². The number of nitrogens with two attached hydrogens (primary N) is 1. The Kier molecular flexibility index (Phi) is 6.48. The number of quaternary nitrogens is 1. The average Bonchev–Trinajstić information content (AvgIpc) is 3.24. The molecule has 1 aromatic carbocycles. The lowest BCUT2D eigenvalue weighted by atomic mass is 9.77. The second kappa shape index (κ2) is 7.87. The molecule has 0 bridgehead atoms. The molecule has 0 radical (unpaired) electrons. The van der Waals surface area contributed by atoms with Gasteiger partial charge >= 0.3 is 0 Å². The van der Waals surface area contributed by atoms with E-state index in [9.17, 15) is 5.11 Å². The van der Waals surface area contributed by atoms with Crippen LogP contribution in [0.4, 0.5) is 0 Å². The largest absolute Gasteiger partial charge is 1.00 e. The number of phenols is 1. The lowest BCUT2D eigenvalue weighted by Crippen LogP contribution is -3.00. The third-order valence-corrected chi connectivity index (χ3v) is 5.97. The van der Waals surface area contributed by atoms with Gasteiger partial charge in [-0.1, -0.05) is 18.5 Å². The van der Waals surface area contributed by atoms with Gasteiger partial charge in [-0.15, -0.1) is 0 Å². The summed E-state index contributed by atoms with van der Waals surface area (Å²) in [6.45, 7) is 3.23. The van der Waals surface area contributed by atoms with Gasteiger partial charge in [0.05, 0.1) is 17.0 Å². The predicted octanol–water partition coefficient (Wildman–Crippen LogP) is -2.95. The van der Waals surface area contributed by atoms with Crippen LogP contribution in [0, 0.1) is 11.3 Å². The molecule has 1 spiro atoms. The van der Waals surface area contributed by atoms with Gasteiger partial charge in [0.2, 0.25) is 0 Å². The zero-order valence-electron chi connectivity index (χ0n) is 14.4. The first-order valence-electron chi connectivity index (χ1n) is 8.70. The summed E-state index contributed by atoms with van der Waals surface area (Å²) in [5, 5.41) is 14.6. The van der Waals surface area contributed by atoms with E-state index < -0.39 is 0 Å². The molecule has 0 amide bonds. The lowest BCUT2D eigenvalue weighted by Gasteiger charge is -2.32. The zero-order valence-corrected chi connectivity index (χ0v) is 16.6. The molecule has 2 saturated carbocycles. The normalized spacial score (nSPS) is 23.8. The van der Waals surface area contributed by atoms with Gasteiger partial charge in [0, 0.05) is 12.8 Å². The van der Waals surface area contributed by atoms with E-state index in [1.807, 2.05) is 18.2 Å². The highest BCUT2D eigenvalue weighted by atomic mass is 35.5. The highest BCUT2D eigenvalue weighted by Gasteiger charge is 2.48. The van der Waals surface area contributed by atoms with Gasteiger partial charge in [0.1, 0.15) is 11.6 Å². The molecule has 4 rings (SSSR count). The number of halogens is 3. The van der Waals surface area contributed by atoms with Crippen molar-refractivity contribution in [3.63, 3.8) is 0 Å². The van der Waals surface area contributed by atoms with Crippen molar-refractivity contribution in [3.8, 4) is 5.75 Å². The molecule has 2 unspecified atom stereocenters. The van der Waals surface area contributed by atoms with Gasteiger partial charge in [0.25, 0.3) is 5.52 Å². The summed E-state index contributed by atoms with van der Waals surface area (Å²) in [4.78, 5) is 3.10. The van der Waals surface area contributed by atoms with Gasteiger partial charge in [-0.3, -0.25) is 0 Å². The maximum absolute atomic E-state index is 10.5. The Morgan fingerprint density at radius 2 is 2.04 bits per heavy atom. The molecule has 2 fully saturated rings. The van der Waals surface area contributed by atoms with E-state index in [-0.39, 0.29) is 24.8 Å². The fraction of sp³-hybridized carbons (Fsp3) is 0.526. The number of H-pyrrole nitrogens is 1. The number of aromatic hydroxyl groups is 1. The van der Waals surface area contributed by atoms with Crippen molar-refractivity contribution in [3.05, 3.63) is 35.0 Å². The monoisotopic (exact) mass is 402 g/mol. The van der Waals surface area contributed by atoms with Crippen LogP contribution in [0.5, 0.6) is 5.75 Å². The Hall–Kier alpha value is -0.740. The molecular formula is C19H25Cl3N2O. The standard InChI is InChI=1S/C19H23ClN2O.2ClH/c1-12-6-16(9-19(8-12)4-5-19)21-10-14-3-2-13-7-15(20)11-22-17(13)18(14)23;;/h2-3,7,11-12,16,21,23H,4-6,8-10H2,1H3;2*1H. The molecule has 2 aliphatic rings. The number of benzene rings is 1. The number of nitrogens with one attached hydrogen (secondary N) is 1. The first-order chi connectivity index (χ1) is 11.0. The fourth-order valence-corrected chi connectivity index (χ4v) is 4.71. The molecule has 4 N–H and O–H groups in total. The smallest absolute Gasteiger partial charge is 0.253 e. The molecule has 1 heterocycles. The number of hydrogen-bond acceptors (Lipinski definition) is 1. The van der Waals surface area contributed by atoms with Crippen LogP contribution in [-0.4, -0.2) is 11.1 Å². The van der Waals surface area contributed by atoms with Gasteiger partial charge in [0.15, 0.2) is 11.9 Å². The van der Waals surface area contributed by atoms with Crippen LogP contribution in [0.15, 0.2) is 24.4 Å². The van der Waals surface area contributed by atoms with E-state index in [1.54, 1.807) is 6.20 Å². The van der Waals surface area contributed by atoms with Crippen LogP contribution in [0.3, 0.4) is 0 Å². The van der Waals surface area contributed by atoms with Crippen molar-refractivity contribution in [2.24, 2.45) is 11.3 Å². The van der Waals surface area contributed by atoms with Gasteiger partial charge < -0.3 is 35.2 Å². The SMILES string of the molecule is CC1CC([NH2+]Cc2ccc3cc(Cl)c[nH+]c3c2O)CC2(CC2)C1.[Cl-].[Cl-]. The highest BCUT2D eigenvalue weighted by Crippen LogP contribution is 2.57. The molecule has 25 heavy (non-hydrogen) atoms. The van der Waals surface area contributed by atoms with E-state index in [4.69, 9.17) is 11.6 Å². The Balaban J connectivity index is 0.00000113. The summed E-state index contributed by atoms with van der Waals surface area (Å²) in [7, 11) is 0. The number of hydrogen-bond donors (Lipinski definition) is 2. The zero-order chi connectivity index (χ0) is 16.0. The minimum Gasteiger partial charge on any atom is -1.00 e. The van der Waals surface area contributed by atoms with Gasteiger partial charge in [-0.25, -0.2) is 4.98 Å². The Morgan fingerprint density at radius 1 is 1.28 bits per heavy atom. The predicted molar refractivity (Wildman–Crippen MR) is 91.3 cm³/mol. The topological polar surface area (TPSA) is 51.0 Å². The molecule has 1 aromatic heterocycles. The van der Waals surface area contributed by atoms with Gasteiger partial charge in [-0.2, -0.15) is 0 Å². The number of fused-ring (bicyclic) bond motifs is 1. The summed E-state index contributed by atoms with van der Waals surface area (Å²) in [6, 6.07) is 6.63. The van der Waals surface area contributed by atoms with Crippen molar-refractivity contribution in [1.82, 2.24) is 0 Å². The molecule has 2 atom stereocenters. The summed E-state index contributed by atoms with van der Waals surface area (Å²) < 4.78 is 0. The van der Waals surface area contributed by atoms with Crippen molar-refractivity contribution < 1.29 is 40.2 Å². The Morgan fingerprint density at radius 3 is 2.76 bits per heavy atom. The van der Waals surface area contributed by atoms with E-state index in [0.717, 1.165) is 28.9 Å². The minimum absolute atomic E-state index is 0. The second-order valence-electron chi connectivity index (χ2n) is 7.80. The lowest BCUT2D eigenvalue weighted by molar-refractivity contribution is -0.709. The van der Waals surface area contributed by atoms with Crippen molar-refractivity contribution in [2.75, 3.05) is 0 Å². The first-order valence-corrected chi connectivity index (χ1v) is 9.08. The van der Waals surface area contributed by atoms with Crippen LogP contribution in [0.2, 0.25) is 5.02 Å². The molecule has 0 saturated heterocycles. The molecule has 0 aliphatic heterocycles. The number of aromatic nitrogens is 1. The maximum Gasteiger partial charge on any atom is 0.253 e. The average molecular weight is 404 g/mol. The number of aromatic amines is 1. The van der Waals surface area contributed by atoms with Crippen LogP contribution in [-0.2, 0) is 6.54 Å². The highest BCUT2D eigenvalue weighted by molar-refractivity contribution is 6.30. The third-order valence-electron chi connectivity index (χ3n) is 5.75. The summed E-state index contributed by atoms with van der Waals surface area (Å²) in [5.41, 5.74) is 2.45. The molecule has 6 heteroatoms. The van der Waals surface area contributed by atoms with Crippen molar-refractivity contribution in [2.45, 2.75) is 51.6 Å². The van der Waals surface area contributed by atoms with Crippen LogP contribution >= 0.6 is 11.6 Å². The minimum atomic E-state index is 0. The number of phenolic OH excluding ortho intramolecular Hbond substituents is 1. The molecule has 2 aliphatic carbocycles. The van der Waals surface area contributed by atoms with Crippen LogP contribution in [0.25, 0.3) is 10.9 Å². The molecule has 138 valence electrons. The van der Waals surface area contributed by atoms with Crippen LogP contribution < -0.4 is 35.1 Å². The molecule has 2 aromatic rings. The molecule has 3 nitrogen and oxygen atoms in total. The molecular weight excluding hydrogens is 379 g/mol. The number of rotatable bonds is 3. The van der Waals surface area contributed by atoms with E-state index >= 15 is 0 Å². The Bertz CT molecular complexity index is 749. The van der Waals surface area contributed by atoms with Crippen LogP contribution in [0.1, 0.15) is 44.6 Å². The summed E-state index contributed by atoms with van der Waals surface area (Å²) in [6.07, 6.45) is 8.66. The van der Waals surface area contributed by atoms with E-state index in [2.05, 4.69) is 17.2 Å². The summed E-state index contributed by atoms with van der Waals surface area (Å²) in [5.74, 6) is 1.20. The second-order valence-corrected chi connectivity index (χ2v) is 8.24. The third kappa shape index (κ3) is 4.33. The fourth-order valence-electron chi connectivity index (χ4n) is 4.54. The quantitative estimate of drug-likeness (QED) is 0.566. The summed E-state index contributed by atoms with van der Waals surface area (Å²) >= 11 is 6.00. The van der Waals surface area contributed by atoms with E-state index in [0.29, 0.717) is 22.2 Å². The number of pyridine rings is 1. The first kappa shape index (κ1) is 20.6. The van der Waals surface area contributed by atoms with Crippen molar-refractivity contribution >= 4 is 22.5 Å². The van der Waals surface area contributed by atoms with E-state index in [1.165, 1.54) is 32.1 Å². The maximum atomic E-state index is 10.5.